The van der Waals surface area contributed by atoms with Gasteiger partial charge in [0.15, 0.2) is 0 Å². The van der Waals surface area contributed by atoms with Crippen LogP contribution in [0.3, 0.4) is 0 Å². The van der Waals surface area contributed by atoms with Crippen molar-refractivity contribution in [2.45, 2.75) is 31.7 Å². The van der Waals surface area contributed by atoms with E-state index in [1.165, 1.54) is 12.1 Å². The maximum Gasteiger partial charge on any atom is 0.321 e. The van der Waals surface area contributed by atoms with Gasteiger partial charge in [-0.05, 0) is 49.6 Å². The zero-order valence-corrected chi connectivity index (χ0v) is 15.9. The summed E-state index contributed by atoms with van der Waals surface area (Å²) in [6.07, 6.45) is 2.51. The number of piperidine rings is 1. The number of nitrogens with zero attached hydrogens (tertiary/aromatic N) is 4. The number of urea groups is 1. The predicted octanol–water partition coefficient (Wildman–Crippen LogP) is 2.91. The van der Waals surface area contributed by atoms with Crippen LogP contribution in [-0.2, 0) is 6.54 Å². The third-order valence-corrected chi connectivity index (χ3v) is 5.52. The van der Waals surface area contributed by atoms with Crippen molar-refractivity contribution < 1.29 is 14.0 Å². The fraction of sp³-hybridized carbons (Fsp3) is 0.450. The van der Waals surface area contributed by atoms with Crippen LogP contribution < -0.4 is 5.32 Å². The van der Waals surface area contributed by atoms with Crippen LogP contribution >= 0.6 is 0 Å². The summed E-state index contributed by atoms with van der Waals surface area (Å²) >= 11 is 0. The average molecular weight is 385 g/mol. The van der Waals surface area contributed by atoms with Crippen molar-refractivity contribution in [2.24, 2.45) is 0 Å². The van der Waals surface area contributed by atoms with E-state index >= 15 is 0 Å². The third-order valence-electron chi connectivity index (χ3n) is 5.52. The molecule has 3 amide bonds. The van der Waals surface area contributed by atoms with Crippen LogP contribution in [0.4, 0.5) is 14.9 Å². The predicted molar refractivity (Wildman–Crippen MR) is 103 cm³/mol. The number of likely N-dealkylation sites (tertiary alicyclic amines) is 1. The van der Waals surface area contributed by atoms with E-state index in [0.29, 0.717) is 24.5 Å². The van der Waals surface area contributed by atoms with Crippen molar-refractivity contribution in [3.05, 3.63) is 47.5 Å². The Bertz CT molecular complexity index is 871. The summed E-state index contributed by atoms with van der Waals surface area (Å²) in [5.74, 6) is -0.0679. The molecule has 1 aromatic heterocycles. The third kappa shape index (κ3) is 3.72. The lowest BCUT2D eigenvalue weighted by atomic mass is 9.93. The Morgan fingerprint density at radius 3 is 2.57 bits per heavy atom. The van der Waals surface area contributed by atoms with Gasteiger partial charge < -0.3 is 15.1 Å². The Hall–Kier alpha value is -2.90. The zero-order chi connectivity index (χ0) is 19.7. The highest BCUT2D eigenvalue weighted by atomic mass is 19.1. The van der Waals surface area contributed by atoms with E-state index in [0.717, 1.165) is 38.0 Å². The number of fused-ring (bicyclic) bond motifs is 1. The number of hydrogen-bond donors (Lipinski definition) is 1. The quantitative estimate of drug-likeness (QED) is 0.864. The molecule has 0 saturated carbocycles. The van der Waals surface area contributed by atoms with Gasteiger partial charge >= 0.3 is 6.03 Å². The number of nitrogens with one attached hydrogen (secondary N) is 1. The molecule has 0 atom stereocenters. The molecule has 0 radical (unpaired) electrons. The molecular formula is C20H24FN5O2. The summed E-state index contributed by atoms with van der Waals surface area (Å²) in [7, 11) is 1.82. The van der Waals surface area contributed by atoms with Crippen molar-refractivity contribution in [1.82, 2.24) is 19.6 Å². The number of aryl methyl sites for hydroxylation is 1. The largest absolute Gasteiger partial charge is 0.340 e. The molecule has 8 heteroatoms. The molecule has 2 aromatic rings. The van der Waals surface area contributed by atoms with Gasteiger partial charge in [0.2, 0.25) is 0 Å². The number of benzene rings is 1. The molecule has 0 aliphatic carbocycles. The molecule has 7 nitrogen and oxygen atoms in total. The molecule has 0 bridgehead atoms. The van der Waals surface area contributed by atoms with Crippen molar-refractivity contribution >= 4 is 17.6 Å². The van der Waals surface area contributed by atoms with Crippen LogP contribution in [-0.4, -0.2) is 58.2 Å². The van der Waals surface area contributed by atoms with Crippen molar-refractivity contribution in [3.8, 4) is 0 Å². The van der Waals surface area contributed by atoms with Gasteiger partial charge in [-0.2, -0.15) is 5.10 Å². The molecule has 2 aliphatic heterocycles. The van der Waals surface area contributed by atoms with Gasteiger partial charge in [0.1, 0.15) is 11.5 Å². The highest BCUT2D eigenvalue weighted by molar-refractivity contribution is 5.92. The lowest BCUT2D eigenvalue weighted by Crippen LogP contribution is -2.40. The van der Waals surface area contributed by atoms with Gasteiger partial charge in [-0.15, -0.1) is 0 Å². The van der Waals surface area contributed by atoms with Crippen molar-refractivity contribution in [3.63, 3.8) is 0 Å². The van der Waals surface area contributed by atoms with E-state index < -0.39 is 0 Å². The Morgan fingerprint density at radius 2 is 1.86 bits per heavy atom. The number of hydrogen-bond acceptors (Lipinski definition) is 3. The Kier molecular flexibility index (Phi) is 5.02. The number of amides is 3. The van der Waals surface area contributed by atoms with E-state index in [4.69, 9.17) is 0 Å². The fourth-order valence-electron chi connectivity index (χ4n) is 3.85. The molecule has 1 saturated heterocycles. The van der Waals surface area contributed by atoms with Gasteiger partial charge in [-0.1, -0.05) is 0 Å². The molecular weight excluding hydrogens is 361 g/mol. The summed E-state index contributed by atoms with van der Waals surface area (Å²) in [5, 5.41) is 7.48. The first-order valence-corrected chi connectivity index (χ1v) is 9.66. The summed E-state index contributed by atoms with van der Waals surface area (Å²) in [6, 6.07) is 7.48. The second kappa shape index (κ2) is 7.61. The highest BCUT2D eigenvalue weighted by Gasteiger charge is 2.28. The van der Waals surface area contributed by atoms with Crippen LogP contribution in [0.15, 0.2) is 30.3 Å². The zero-order valence-electron chi connectivity index (χ0n) is 15.9. The fourth-order valence-corrected chi connectivity index (χ4v) is 3.85. The maximum atomic E-state index is 13.0. The summed E-state index contributed by atoms with van der Waals surface area (Å²) in [6.45, 7) is 2.74. The maximum absolute atomic E-state index is 13.0. The normalized spacial score (nSPS) is 18.0. The molecule has 28 heavy (non-hydrogen) atoms. The second-order valence-electron chi connectivity index (χ2n) is 7.46. The average Bonchev–Trinajstić information content (AvgIpc) is 3.08. The number of carbonyl (C=O) groups excluding carboxylic acids is 2. The minimum atomic E-state index is -0.332. The molecule has 0 spiro atoms. The van der Waals surface area contributed by atoms with Gasteiger partial charge in [-0.25, -0.2) is 9.18 Å². The Balaban J connectivity index is 1.37. The molecule has 0 unspecified atom stereocenters. The minimum absolute atomic E-state index is 0.0207. The second-order valence-corrected chi connectivity index (χ2v) is 7.46. The molecule has 1 N–H and O–H groups in total. The molecule has 3 heterocycles. The Morgan fingerprint density at radius 1 is 1.14 bits per heavy atom. The van der Waals surface area contributed by atoms with Gasteiger partial charge in [0.25, 0.3) is 5.91 Å². The first-order valence-electron chi connectivity index (χ1n) is 9.66. The SMILES string of the molecule is CN1CCCn2nc(C3CCN(C(=O)Nc4ccc(F)cc4)CC3)cc2C1=O. The standard InChI is InChI=1S/C20H24FN5O2/c1-24-9-2-10-26-18(19(24)27)13-17(23-26)14-7-11-25(12-8-14)20(28)22-16-5-3-15(21)4-6-16/h3-6,13-14H,2,7-12H2,1H3,(H,22,28). The molecule has 2 aliphatic rings. The molecule has 4 rings (SSSR count). The van der Waals surface area contributed by atoms with Crippen molar-refractivity contribution in [2.75, 3.05) is 32.0 Å². The van der Waals surface area contributed by atoms with E-state index in [-0.39, 0.29) is 23.7 Å². The number of rotatable bonds is 2. The van der Waals surface area contributed by atoms with E-state index in [9.17, 15) is 14.0 Å². The lowest BCUT2D eigenvalue weighted by Gasteiger charge is -2.31. The van der Waals surface area contributed by atoms with Gasteiger partial charge in [0.05, 0.1) is 5.69 Å². The van der Waals surface area contributed by atoms with Crippen LogP contribution in [0.2, 0.25) is 0 Å². The van der Waals surface area contributed by atoms with Crippen LogP contribution in [0.25, 0.3) is 0 Å². The first kappa shape index (κ1) is 18.5. The minimum Gasteiger partial charge on any atom is -0.340 e. The smallest absolute Gasteiger partial charge is 0.321 e. The summed E-state index contributed by atoms with van der Waals surface area (Å²) in [4.78, 5) is 28.4. The van der Waals surface area contributed by atoms with Crippen LogP contribution in [0.1, 0.15) is 41.4 Å². The van der Waals surface area contributed by atoms with Gasteiger partial charge in [0, 0.05) is 44.8 Å². The van der Waals surface area contributed by atoms with Crippen molar-refractivity contribution in [1.29, 1.82) is 0 Å². The number of halogens is 1. The molecule has 1 aromatic carbocycles. The van der Waals surface area contributed by atoms with E-state index in [2.05, 4.69) is 10.4 Å². The number of aromatic nitrogens is 2. The van der Waals surface area contributed by atoms with E-state index in [1.807, 2.05) is 17.8 Å². The van der Waals surface area contributed by atoms with Gasteiger partial charge in [-0.3, -0.25) is 9.48 Å². The highest BCUT2D eigenvalue weighted by Crippen LogP contribution is 2.29. The summed E-state index contributed by atoms with van der Waals surface area (Å²) < 4.78 is 14.8. The first-order chi connectivity index (χ1) is 13.5. The summed E-state index contributed by atoms with van der Waals surface area (Å²) in [5.41, 5.74) is 2.18. The Labute approximate surface area is 163 Å². The topological polar surface area (TPSA) is 70.5 Å². The number of anilines is 1. The molecule has 1 fully saturated rings. The van der Waals surface area contributed by atoms with Crippen LogP contribution in [0.5, 0.6) is 0 Å². The van der Waals surface area contributed by atoms with Crippen LogP contribution in [0, 0.1) is 5.82 Å². The lowest BCUT2D eigenvalue weighted by molar-refractivity contribution is 0.0796. The number of carbonyl (C=O) groups is 2. The monoisotopic (exact) mass is 385 g/mol. The van der Waals surface area contributed by atoms with E-state index in [1.54, 1.807) is 21.9 Å². The molecule has 148 valence electrons.